The molecule has 3 heteroatoms. The molecule has 0 unspecified atom stereocenters. The summed E-state index contributed by atoms with van der Waals surface area (Å²) in [5.74, 6) is 0. The van der Waals surface area contributed by atoms with Crippen molar-refractivity contribution in [3.63, 3.8) is 0 Å². The van der Waals surface area contributed by atoms with E-state index in [9.17, 15) is 0 Å². The van der Waals surface area contributed by atoms with Crippen molar-refractivity contribution in [1.82, 2.24) is 4.98 Å². The SMILES string of the molecule is CCCCCOC=CCc1cccnc1CN. The number of allylic oxidation sites excluding steroid dienone is 1. The number of unbranched alkanes of at least 4 members (excludes halogenated alkanes) is 2. The second kappa shape index (κ2) is 8.76. The zero-order chi connectivity index (χ0) is 12.3. The molecule has 1 aromatic heterocycles. The minimum absolute atomic E-state index is 0.487. The highest BCUT2D eigenvalue weighted by molar-refractivity contribution is 5.21. The third-order valence-corrected chi connectivity index (χ3v) is 2.57. The average Bonchev–Trinajstić information content (AvgIpc) is 2.38. The van der Waals surface area contributed by atoms with E-state index in [1.807, 2.05) is 12.1 Å². The third kappa shape index (κ3) is 5.50. The quantitative estimate of drug-likeness (QED) is 0.556. The lowest BCUT2D eigenvalue weighted by Crippen LogP contribution is -2.03. The molecule has 2 N–H and O–H groups in total. The van der Waals surface area contributed by atoms with Crippen molar-refractivity contribution in [3.05, 3.63) is 41.9 Å². The van der Waals surface area contributed by atoms with Gasteiger partial charge in [-0.1, -0.05) is 25.8 Å². The van der Waals surface area contributed by atoms with Crippen molar-refractivity contribution in [1.29, 1.82) is 0 Å². The molecule has 1 heterocycles. The number of nitrogens with two attached hydrogens (primary N) is 1. The van der Waals surface area contributed by atoms with Crippen molar-refractivity contribution >= 4 is 0 Å². The van der Waals surface area contributed by atoms with E-state index >= 15 is 0 Å². The van der Waals surface area contributed by atoms with E-state index in [4.69, 9.17) is 10.5 Å². The van der Waals surface area contributed by atoms with E-state index < -0.39 is 0 Å². The molecule has 0 radical (unpaired) electrons. The van der Waals surface area contributed by atoms with Gasteiger partial charge < -0.3 is 10.5 Å². The Morgan fingerprint density at radius 1 is 1.41 bits per heavy atom. The Balaban J connectivity index is 2.27. The first-order chi connectivity index (χ1) is 8.38. The van der Waals surface area contributed by atoms with E-state index in [0.717, 1.165) is 25.1 Å². The van der Waals surface area contributed by atoms with E-state index in [1.54, 1.807) is 12.5 Å². The van der Waals surface area contributed by atoms with Gasteiger partial charge in [0.1, 0.15) is 0 Å². The summed E-state index contributed by atoms with van der Waals surface area (Å²) >= 11 is 0. The molecule has 17 heavy (non-hydrogen) atoms. The second-order valence-electron chi connectivity index (χ2n) is 3.97. The van der Waals surface area contributed by atoms with Gasteiger partial charge in [-0.3, -0.25) is 4.98 Å². The maximum absolute atomic E-state index is 5.62. The second-order valence-corrected chi connectivity index (χ2v) is 3.97. The van der Waals surface area contributed by atoms with Crippen LogP contribution in [0.5, 0.6) is 0 Å². The summed E-state index contributed by atoms with van der Waals surface area (Å²) in [4.78, 5) is 4.24. The van der Waals surface area contributed by atoms with Gasteiger partial charge in [0.05, 0.1) is 18.6 Å². The molecule has 1 aromatic rings. The Morgan fingerprint density at radius 3 is 3.06 bits per heavy atom. The standard InChI is InChI=1S/C14H22N2O/c1-2-3-4-10-17-11-6-8-13-7-5-9-16-14(13)12-15/h5-7,9,11H,2-4,8,10,12,15H2,1H3. The molecule has 0 aliphatic rings. The predicted octanol–water partition coefficient (Wildman–Crippen LogP) is 2.80. The van der Waals surface area contributed by atoms with Crippen LogP contribution in [0.4, 0.5) is 0 Å². The van der Waals surface area contributed by atoms with Crippen LogP contribution >= 0.6 is 0 Å². The average molecular weight is 234 g/mol. The number of pyridine rings is 1. The zero-order valence-electron chi connectivity index (χ0n) is 10.6. The molecule has 0 fully saturated rings. The minimum Gasteiger partial charge on any atom is -0.502 e. The fourth-order valence-electron chi connectivity index (χ4n) is 1.59. The van der Waals surface area contributed by atoms with Crippen LogP contribution < -0.4 is 5.73 Å². The summed E-state index contributed by atoms with van der Waals surface area (Å²) in [5, 5.41) is 0. The summed E-state index contributed by atoms with van der Waals surface area (Å²) in [5.41, 5.74) is 7.75. The molecule has 0 amide bonds. The summed E-state index contributed by atoms with van der Waals surface area (Å²) in [6, 6.07) is 3.99. The van der Waals surface area contributed by atoms with Crippen molar-refractivity contribution in [2.24, 2.45) is 5.73 Å². The van der Waals surface area contributed by atoms with Crippen molar-refractivity contribution in [2.75, 3.05) is 6.61 Å². The highest BCUT2D eigenvalue weighted by Gasteiger charge is 1.98. The molecular weight excluding hydrogens is 212 g/mol. The topological polar surface area (TPSA) is 48.1 Å². The van der Waals surface area contributed by atoms with E-state index in [1.165, 1.54) is 18.4 Å². The van der Waals surface area contributed by atoms with Gasteiger partial charge in [-0.2, -0.15) is 0 Å². The molecule has 94 valence electrons. The molecule has 0 spiro atoms. The van der Waals surface area contributed by atoms with Crippen LogP contribution in [0.1, 0.15) is 37.4 Å². The number of nitrogens with zero attached hydrogens (tertiary/aromatic N) is 1. The van der Waals surface area contributed by atoms with Gasteiger partial charge in [0.2, 0.25) is 0 Å². The molecule has 0 saturated heterocycles. The van der Waals surface area contributed by atoms with E-state index in [0.29, 0.717) is 6.54 Å². The third-order valence-electron chi connectivity index (χ3n) is 2.57. The van der Waals surface area contributed by atoms with Crippen LogP contribution in [0.3, 0.4) is 0 Å². The Labute approximate surface area is 104 Å². The van der Waals surface area contributed by atoms with Crippen LogP contribution in [-0.4, -0.2) is 11.6 Å². The van der Waals surface area contributed by atoms with Crippen LogP contribution in [0.15, 0.2) is 30.7 Å². The number of ether oxygens (including phenoxy) is 1. The van der Waals surface area contributed by atoms with Crippen LogP contribution in [0.25, 0.3) is 0 Å². The molecule has 0 aliphatic carbocycles. The van der Waals surface area contributed by atoms with E-state index in [-0.39, 0.29) is 0 Å². The maximum atomic E-state index is 5.62. The first-order valence-corrected chi connectivity index (χ1v) is 6.28. The summed E-state index contributed by atoms with van der Waals surface area (Å²) in [7, 11) is 0. The first-order valence-electron chi connectivity index (χ1n) is 6.28. The Kier molecular flexibility index (Phi) is 7.07. The van der Waals surface area contributed by atoms with E-state index in [2.05, 4.69) is 18.0 Å². The molecule has 0 bridgehead atoms. The molecule has 0 saturated carbocycles. The zero-order valence-corrected chi connectivity index (χ0v) is 10.6. The summed E-state index contributed by atoms with van der Waals surface area (Å²) in [6.07, 6.45) is 9.98. The lowest BCUT2D eigenvalue weighted by molar-refractivity contribution is 0.241. The monoisotopic (exact) mass is 234 g/mol. The molecule has 0 atom stereocenters. The van der Waals surface area contributed by atoms with Crippen LogP contribution in [-0.2, 0) is 17.7 Å². The van der Waals surface area contributed by atoms with Gasteiger partial charge in [0.15, 0.2) is 0 Å². The number of hydrogen-bond donors (Lipinski definition) is 1. The number of aromatic nitrogens is 1. The minimum atomic E-state index is 0.487. The Hall–Kier alpha value is -1.35. The van der Waals surface area contributed by atoms with Crippen molar-refractivity contribution < 1.29 is 4.74 Å². The lowest BCUT2D eigenvalue weighted by atomic mass is 10.1. The fraction of sp³-hybridized carbons (Fsp3) is 0.500. The van der Waals surface area contributed by atoms with Gasteiger partial charge in [-0.05, 0) is 30.5 Å². The highest BCUT2D eigenvalue weighted by atomic mass is 16.5. The number of rotatable bonds is 8. The molecular formula is C14H22N2O. The molecule has 1 rings (SSSR count). The Morgan fingerprint density at radius 2 is 2.29 bits per heavy atom. The van der Waals surface area contributed by atoms with Gasteiger partial charge in [-0.25, -0.2) is 0 Å². The predicted molar refractivity (Wildman–Crippen MR) is 70.4 cm³/mol. The summed E-state index contributed by atoms with van der Waals surface area (Å²) in [6.45, 7) is 3.48. The van der Waals surface area contributed by atoms with Gasteiger partial charge in [0.25, 0.3) is 0 Å². The normalized spacial score (nSPS) is 10.9. The fourth-order valence-corrected chi connectivity index (χ4v) is 1.59. The Bertz CT molecular complexity index is 337. The van der Waals surface area contributed by atoms with Crippen LogP contribution in [0, 0.1) is 0 Å². The summed E-state index contributed by atoms with van der Waals surface area (Å²) < 4.78 is 5.40. The van der Waals surface area contributed by atoms with Crippen LogP contribution in [0.2, 0.25) is 0 Å². The largest absolute Gasteiger partial charge is 0.502 e. The lowest BCUT2D eigenvalue weighted by Gasteiger charge is -2.03. The van der Waals surface area contributed by atoms with Gasteiger partial charge in [-0.15, -0.1) is 0 Å². The van der Waals surface area contributed by atoms with Crippen molar-refractivity contribution in [2.45, 2.75) is 39.2 Å². The van der Waals surface area contributed by atoms with Gasteiger partial charge in [0, 0.05) is 12.7 Å². The number of hydrogen-bond acceptors (Lipinski definition) is 3. The maximum Gasteiger partial charge on any atom is 0.0873 e. The van der Waals surface area contributed by atoms with Crippen molar-refractivity contribution in [3.8, 4) is 0 Å². The molecule has 3 nitrogen and oxygen atoms in total. The highest BCUT2D eigenvalue weighted by Crippen LogP contribution is 2.06. The van der Waals surface area contributed by atoms with Gasteiger partial charge >= 0.3 is 0 Å². The smallest absolute Gasteiger partial charge is 0.0873 e. The first kappa shape index (κ1) is 13.7. The molecule has 0 aliphatic heterocycles. The molecule has 0 aromatic carbocycles.